The van der Waals surface area contributed by atoms with E-state index in [2.05, 4.69) is 17.1 Å². The van der Waals surface area contributed by atoms with E-state index < -0.39 is 0 Å². The maximum absolute atomic E-state index is 12.8. The maximum Gasteiger partial charge on any atom is 0.193 e. The molecule has 0 aliphatic heterocycles. The molecule has 0 spiro atoms. The Balaban J connectivity index is 1.61. The van der Waals surface area contributed by atoms with Crippen LogP contribution >= 0.6 is 0 Å². The van der Waals surface area contributed by atoms with Gasteiger partial charge in [0.1, 0.15) is 11.5 Å². The second-order valence-electron chi connectivity index (χ2n) is 6.59. The van der Waals surface area contributed by atoms with Gasteiger partial charge < -0.3 is 9.72 Å². The third kappa shape index (κ3) is 2.40. The van der Waals surface area contributed by atoms with Crippen LogP contribution in [0.5, 0.6) is 11.5 Å². The van der Waals surface area contributed by atoms with Gasteiger partial charge in [0.05, 0.1) is 5.69 Å². The van der Waals surface area contributed by atoms with Crippen LogP contribution in [-0.2, 0) is 12.8 Å². The van der Waals surface area contributed by atoms with Crippen LogP contribution in [0.1, 0.15) is 11.1 Å². The van der Waals surface area contributed by atoms with Crippen LogP contribution < -0.4 is 10.2 Å². The first-order chi connectivity index (χ1) is 12.8. The van der Waals surface area contributed by atoms with Crippen LogP contribution in [0.4, 0.5) is 0 Å². The summed E-state index contributed by atoms with van der Waals surface area (Å²) in [5.41, 5.74) is 5.15. The molecule has 0 fully saturated rings. The minimum Gasteiger partial charge on any atom is -0.457 e. The van der Waals surface area contributed by atoms with Crippen molar-refractivity contribution in [2.75, 3.05) is 0 Å². The zero-order valence-corrected chi connectivity index (χ0v) is 14.2. The van der Waals surface area contributed by atoms with Crippen LogP contribution in [-0.4, -0.2) is 4.98 Å². The summed E-state index contributed by atoms with van der Waals surface area (Å²) in [4.78, 5) is 16.3. The molecule has 0 radical (unpaired) electrons. The Labute approximate surface area is 150 Å². The van der Waals surface area contributed by atoms with Crippen molar-refractivity contribution in [3.05, 3.63) is 94.1 Å². The van der Waals surface area contributed by atoms with Crippen molar-refractivity contribution in [2.24, 2.45) is 0 Å². The Morgan fingerprint density at radius 1 is 0.808 bits per heavy atom. The van der Waals surface area contributed by atoms with E-state index in [0.29, 0.717) is 0 Å². The molecule has 3 nitrogen and oxygen atoms in total. The van der Waals surface area contributed by atoms with Crippen molar-refractivity contribution in [1.29, 1.82) is 0 Å². The molecule has 3 aromatic carbocycles. The number of hydrogen-bond acceptors (Lipinski definition) is 2. The van der Waals surface area contributed by atoms with E-state index in [4.69, 9.17) is 4.74 Å². The number of rotatable bonds is 2. The van der Waals surface area contributed by atoms with E-state index in [-0.39, 0.29) is 5.43 Å². The molecular formula is C23H17NO2. The minimum atomic E-state index is 0.143. The Kier molecular flexibility index (Phi) is 3.39. The number of hydrogen-bond donors (Lipinski definition) is 1. The fourth-order valence-electron chi connectivity index (χ4n) is 3.71. The van der Waals surface area contributed by atoms with Gasteiger partial charge in [-0.25, -0.2) is 0 Å². The number of pyridine rings is 1. The van der Waals surface area contributed by atoms with Gasteiger partial charge in [-0.05, 0) is 60.9 Å². The molecule has 4 aromatic rings. The molecule has 0 atom stereocenters. The molecule has 3 heteroatoms. The van der Waals surface area contributed by atoms with E-state index in [1.165, 1.54) is 5.56 Å². The summed E-state index contributed by atoms with van der Waals surface area (Å²) in [6.45, 7) is 0. The number of nitrogens with one attached hydrogen (secondary N) is 1. The monoisotopic (exact) mass is 339 g/mol. The first kappa shape index (κ1) is 15.0. The Bertz CT molecular complexity index is 1180. The highest BCUT2D eigenvalue weighted by molar-refractivity contribution is 5.84. The van der Waals surface area contributed by atoms with Gasteiger partial charge in [-0.15, -0.1) is 0 Å². The number of aryl methyl sites for hydroxylation is 1. The SMILES string of the molecule is O=c1c2c([nH]c3ccccc13)-c1ccc(Oc3ccccc3)cc1CC2. The van der Waals surface area contributed by atoms with Gasteiger partial charge in [-0.3, -0.25) is 4.79 Å². The zero-order valence-electron chi connectivity index (χ0n) is 14.2. The molecule has 1 N–H and O–H groups in total. The van der Waals surface area contributed by atoms with Gasteiger partial charge in [0, 0.05) is 22.0 Å². The summed E-state index contributed by atoms with van der Waals surface area (Å²) >= 11 is 0. The van der Waals surface area contributed by atoms with Crippen molar-refractivity contribution in [1.82, 2.24) is 4.98 Å². The third-order valence-corrected chi connectivity index (χ3v) is 4.98. The summed E-state index contributed by atoms with van der Waals surface area (Å²) in [6.07, 6.45) is 1.59. The molecule has 0 amide bonds. The second-order valence-corrected chi connectivity index (χ2v) is 6.59. The van der Waals surface area contributed by atoms with Crippen molar-refractivity contribution >= 4 is 10.9 Å². The van der Waals surface area contributed by atoms with Crippen LogP contribution in [0.25, 0.3) is 22.2 Å². The van der Waals surface area contributed by atoms with Crippen LogP contribution in [0, 0.1) is 0 Å². The summed E-state index contributed by atoms with van der Waals surface area (Å²) in [6, 6.07) is 23.6. The van der Waals surface area contributed by atoms with Gasteiger partial charge in [0.2, 0.25) is 0 Å². The summed E-state index contributed by atoms with van der Waals surface area (Å²) in [5.74, 6) is 1.64. The van der Waals surface area contributed by atoms with Gasteiger partial charge in [0.15, 0.2) is 5.43 Å². The second kappa shape index (κ2) is 5.88. The molecule has 26 heavy (non-hydrogen) atoms. The highest BCUT2D eigenvalue weighted by atomic mass is 16.5. The summed E-state index contributed by atoms with van der Waals surface area (Å²) in [7, 11) is 0. The van der Waals surface area contributed by atoms with Gasteiger partial charge in [-0.2, -0.15) is 0 Å². The molecule has 1 heterocycles. The van der Waals surface area contributed by atoms with Gasteiger partial charge >= 0.3 is 0 Å². The molecule has 0 saturated heterocycles. The van der Waals surface area contributed by atoms with Crippen LogP contribution in [0.3, 0.4) is 0 Å². The maximum atomic E-state index is 12.8. The topological polar surface area (TPSA) is 42.1 Å². The third-order valence-electron chi connectivity index (χ3n) is 4.98. The normalized spacial score (nSPS) is 12.5. The number of aromatic nitrogens is 1. The van der Waals surface area contributed by atoms with Crippen molar-refractivity contribution in [2.45, 2.75) is 12.8 Å². The van der Waals surface area contributed by atoms with Gasteiger partial charge in [-0.1, -0.05) is 30.3 Å². The van der Waals surface area contributed by atoms with Crippen molar-refractivity contribution in [3.8, 4) is 22.8 Å². The lowest BCUT2D eigenvalue weighted by molar-refractivity contribution is 0.482. The number of aromatic amines is 1. The average Bonchev–Trinajstić information content (AvgIpc) is 2.69. The lowest BCUT2D eigenvalue weighted by Gasteiger charge is -2.21. The van der Waals surface area contributed by atoms with E-state index in [1.54, 1.807) is 0 Å². The summed E-state index contributed by atoms with van der Waals surface area (Å²) < 4.78 is 5.95. The Morgan fingerprint density at radius 2 is 1.62 bits per heavy atom. The lowest BCUT2D eigenvalue weighted by Crippen LogP contribution is -2.17. The molecule has 5 rings (SSSR count). The van der Waals surface area contributed by atoms with Gasteiger partial charge in [0.25, 0.3) is 0 Å². The predicted molar refractivity (Wildman–Crippen MR) is 104 cm³/mol. The molecular weight excluding hydrogens is 322 g/mol. The minimum absolute atomic E-state index is 0.143. The number of para-hydroxylation sites is 2. The fourth-order valence-corrected chi connectivity index (χ4v) is 3.71. The first-order valence-electron chi connectivity index (χ1n) is 8.80. The van der Waals surface area contributed by atoms with Crippen LogP contribution in [0.15, 0.2) is 77.6 Å². The Morgan fingerprint density at radius 3 is 2.50 bits per heavy atom. The quantitative estimate of drug-likeness (QED) is 0.553. The molecule has 1 aromatic heterocycles. The number of fused-ring (bicyclic) bond motifs is 4. The number of ether oxygens (including phenoxy) is 1. The molecule has 0 unspecified atom stereocenters. The van der Waals surface area contributed by atoms with Crippen molar-refractivity contribution in [3.63, 3.8) is 0 Å². The lowest BCUT2D eigenvalue weighted by atomic mass is 9.88. The van der Waals surface area contributed by atoms with Crippen molar-refractivity contribution < 1.29 is 4.74 Å². The highest BCUT2D eigenvalue weighted by Gasteiger charge is 2.21. The average molecular weight is 339 g/mol. The van der Waals surface area contributed by atoms with E-state index in [9.17, 15) is 4.79 Å². The molecule has 126 valence electrons. The molecule has 0 bridgehead atoms. The van der Waals surface area contributed by atoms with E-state index in [0.717, 1.165) is 52.1 Å². The summed E-state index contributed by atoms with van der Waals surface area (Å²) in [5, 5.41) is 0.763. The van der Waals surface area contributed by atoms with E-state index >= 15 is 0 Å². The smallest absolute Gasteiger partial charge is 0.193 e. The fraction of sp³-hybridized carbons (Fsp3) is 0.0870. The number of benzene rings is 3. The van der Waals surface area contributed by atoms with E-state index in [1.807, 2.05) is 60.7 Å². The Hall–Kier alpha value is -3.33. The predicted octanol–water partition coefficient (Wildman–Crippen LogP) is 5.09. The van der Waals surface area contributed by atoms with Crippen LogP contribution in [0.2, 0.25) is 0 Å². The molecule has 0 saturated carbocycles. The molecule has 1 aliphatic rings. The first-order valence-corrected chi connectivity index (χ1v) is 8.80. The standard InChI is InChI=1S/C23H17NO2/c25-23-19-8-4-5-9-21(19)24-22-18-13-11-17(14-15(18)10-12-20(22)23)26-16-6-2-1-3-7-16/h1-9,11,13-14H,10,12H2,(H,24,25). The molecule has 1 aliphatic carbocycles. The zero-order chi connectivity index (χ0) is 17.5. The highest BCUT2D eigenvalue weighted by Crippen LogP contribution is 2.35. The number of H-pyrrole nitrogens is 1. The largest absolute Gasteiger partial charge is 0.457 e.